The molecule has 172 valence electrons. The summed E-state index contributed by atoms with van der Waals surface area (Å²) in [6.07, 6.45) is 0.317. The van der Waals surface area contributed by atoms with Crippen molar-refractivity contribution in [3.8, 4) is 0 Å². The molecule has 0 aromatic rings. The van der Waals surface area contributed by atoms with Crippen molar-refractivity contribution < 1.29 is 38.7 Å². The molecule has 6 atom stereocenters. The van der Waals surface area contributed by atoms with Gasteiger partial charge in [-0.25, -0.2) is 0 Å². The number of aliphatic hydroxyl groups is 2. The van der Waals surface area contributed by atoms with Crippen molar-refractivity contribution in [2.75, 3.05) is 26.4 Å². The van der Waals surface area contributed by atoms with Crippen molar-refractivity contribution in [3.05, 3.63) is 0 Å². The maximum Gasteiger partial charge on any atom is 0.305 e. The third kappa shape index (κ3) is 8.86. The lowest BCUT2D eigenvalue weighted by Gasteiger charge is -2.46. The van der Waals surface area contributed by atoms with Crippen molar-refractivity contribution in [3.63, 3.8) is 0 Å². The molecule has 0 aromatic heterocycles. The number of aliphatic hydroxyl groups excluding tert-OH is 2. The second kappa shape index (κ2) is 15.1. The van der Waals surface area contributed by atoms with Crippen molar-refractivity contribution >= 4 is 5.97 Å². The van der Waals surface area contributed by atoms with E-state index in [-0.39, 0.29) is 0 Å². The van der Waals surface area contributed by atoms with Crippen LogP contribution in [-0.4, -0.2) is 79.4 Å². The lowest BCUT2D eigenvalue weighted by Crippen LogP contribution is -2.64. The van der Waals surface area contributed by atoms with E-state index in [1.807, 2.05) is 0 Å². The molecule has 0 amide bonds. The van der Waals surface area contributed by atoms with Crippen molar-refractivity contribution in [1.29, 1.82) is 0 Å². The molecular formula is C21H40O8. The Morgan fingerprint density at radius 2 is 1.38 bits per heavy atom. The fraction of sp³-hybridized carbons (Fsp3) is 0.952. The van der Waals surface area contributed by atoms with Gasteiger partial charge >= 0.3 is 5.97 Å². The van der Waals surface area contributed by atoms with Crippen molar-refractivity contribution in [2.45, 2.75) is 103 Å². The Hall–Kier alpha value is -0.770. The quantitative estimate of drug-likeness (QED) is 0.307. The highest BCUT2D eigenvalue weighted by Gasteiger charge is 2.51. The predicted molar refractivity (Wildman–Crippen MR) is 107 cm³/mol. The van der Waals surface area contributed by atoms with E-state index in [0.29, 0.717) is 19.8 Å². The molecule has 1 aliphatic heterocycles. The molecule has 8 heteroatoms. The van der Waals surface area contributed by atoms with E-state index >= 15 is 0 Å². The first-order valence-corrected chi connectivity index (χ1v) is 11.0. The van der Waals surface area contributed by atoms with Crippen molar-refractivity contribution in [2.24, 2.45) is 0 Å². The van der Waals surface area contributed by atoms with Gasteiger partial charge < -0.3 is 33.9 Å². The summed E-state index contributed by atoms with van der Waals surface area (Å²) >= 11 is 0. The molecule has 8 nitrogen and oxygen atoms in total. The van der Waals surface area contributed by atoms with Gasteiger partial charge in [0.15, 0.2) is 0 Å². The monoisotopic (exact) mass is 420 g/mol. The smallest absolute Gasteiger partial charge is 0.305 e. The van der Waals surface area contributed by atoms with Gasteiger partial charge in [0.2, 0.25) is 6.29 Å². The minimum atomic E-state index is -1.20. The van der Waals surface area contributed by atoms with Crippen LogP contribution in [0.4, 0.5) is 0 Å². The minimum absolute atomic E-state index is 0.463. The van der Waals surface area contributed by atoms with Gasteiger partial charge in [-0.05, 0) is 19.3 Å². The van der Waals surface area contributed by atoms with Crippen LogP contribution in [0.3, 0.4) is 0 Å². The Kier molecular flexibility index (Phi) is 13.7. The summed E-state index contributed by atoms with van der Waals surface area (Å²) in [5.41, 5.74) is 0. The number of carbonyl (C=O) groups is 1. The summed E-state index contributed by atoms with van der Waals surface area (Å²) in [5.74, 6) is -0.519. The van der Waals surface area contributed by atoms with E-state index < -0.39 is 49.4 Å². The lowest BCUT2D eigenvalue weighted by molar-refractivity contribution is -0.323. The SMILES string of the molecule is CCCCOC1[C@H](OCCCC)C([C@H](O)CO)O[C@H](OC(C)=O)[C@@H]1OCCCC. The number of hydrogen-bond donors (Lipinski definition) is 2. The zero-order chi connectivity index (χ0) is 21.6. The number of hydrogen-bond acceptors (Lipinski definition) is 8. The normalized spacial score (nSPS) is 28.3. The molecule has 0 saturated carbocycles. The molecule has 2 unspecified atom stereocenters. The maximum absolute atomic E-state index is 11.7. The Bertz CT molecular complexity index is 433. The van der Waals surface area contributed by atoms with Crippen LogP contribution in [0.15, 0.2) is 0 Å². The molecule has 1 saturated heterocycles. The fourth-order valence-corrected chi connectivity index (χ4v) is 3.15. The number of rotatable bonds is 15. The molecule has 29 heavy (non-hydrogen) atoms. The van der Waals surface area contributed by atoms with Gasteiger partial charge in [0.1, 0.15) is 30.5 Å². The van der Waals surface area contributed by atoms with Gasteiger partial charge in [-0.15, -0.1) is 0 Å². The Balaban J connectivity index is 3.14. The van der Waals surface area contributed by atoms with E-state index in [1.54, 1.807) is 0 Å². The average molecular weight is 421 g/mol. The van der Waals surface area contributed by atoms with Crippen LogP contribution in [0, 0.1) is 0 Å². The topological polar surface area (TPSA) is 104 Å². The van der Waals surface area contributed by atoms with Crippen LogP contribution >= 0.6 is 0 Å². The highest BCUT2D eigenvalue weighted by Crippen LogP contribution is 2.31. The first-order chi connectivity index (χ1) is 14.0. The van der Waals surface area contributed by atoms with Gasteiger partial charge in [-0.1, -0.05) is 40.0 Å². The van der Waals surface area contributed by atoms with Gasteiger partial charge in [-0.2, -0.15) is 0 Å². The van der Waals surface area contributed by atoms with Crippen LogP contribution in [-0.2, 0) is 28.5 Å². The standard InChI is InChI=1S/C21H40O8/c1-5-8-11-25-18-17(16(24)14-22)29-21(28-15(4)23)20(27-13-10-7-3)19(18)26-12-9-6-2/h16-22,24H,5-14H2,1-4H3/t16-,17?,18-,19?,20-,21+/m1/s1. The molecular weight excluding hydrogens is 380 g/mol. The number of ether oxygens (including phenoxy) is 5. The predicted octanol–water partition coefficient (Wildman–Crippen LogP) is 2.18. The van der Waals surface area contributed by atoms with E-state index in [4.69, 9.17) is 23.7 Å². The van der Waals surface area contributed by atoms with Crippen LogP contribution in [0.2, 0.25) is 0 Å². The number of carbonyl (C=O) groups excluding carboxylic acids is 1. The highest BCUT2D eigenvalue weighted by atomic mass is 16.7. The lowest BCUT2D eigenvalue weighted by atomic mass is 9.94. The van der Waals surface area contributed by atoms with Gasteiger partial charge in [0.05, 0.1) is 6.61 Å². The fourth-order valence-electron chi connectivity index (χ4n) is 3.15. The third-order valence-corrected chi connectivity index (χ3v) is 4.80. The highest BCUT2D eigenvalue weighted by molar-refractivity contribution is 5.66. The van der Waals surface area contributed by atoms with Gasteiger partial charge in [-0.3, -0.25) is 4.79 Å². The van der Waals surface area contributed by atoms with Gasteiger partial charge in [0, 0.05) is 26.7 Å². The maximum atomic E-state index is 11.7. The van der Waals surface area contributed by atoms with Crippen LogP contribution < -0.4 is 0 Å². The molecule has 1 aliphatic rings. The molecule has 1 fully saturated rings. The second-order valence-electron chi connectivity index (χ2n) is 7.40. The van der Waals surface area contributed by atoms with Gasteiger partial charge in [0.25, 0.3) is 0 Å². The first-order valence-electron chi connectivity index (χ1n) is 11.0. The average Bonchev–Trinajstić information content (AvgIpc) is 2.70. The third-order valence-electron chi connectivity index (χ3n) is 4.80. The zero-order valence-electron chi connectivity index (χ0n) is 18.4. The molecule has 2 N–H and O–H groups in total. The largest absolute Gasteiger partial charge is 0.433 e. The first kappa shape index (κ1) is 26.3. The van der Waals surface area contributed by atoms with Crippen LogP contribution in [0.1, 0.15) is 66.2 Å². The summed E-state index contributed by atoms with van der Waals surface area (Å²) in [6.45, 7) is 8.38. The molecule has 1 rings (SSSR count). The Morgan fingerprint density at radius 3 is 1.83 bits per heavy atom. The van der Waals surface area contributed by atoms with E-state index in [1.165, 1.54) is 6.92 Å². The molecule has 0 spiro atoms. The molecule has 0 aliphatic carbocycles. The summed E-state index contributed by atoms with van der Waals surface area (Å²) in [6, 6.07) is 0. The molecule has 1 heterocycles. The minimum Gasteiger partial charge on any atom is -0.433 e. The molecule has 0 radical (unpaired) electrons. The molecule has 0 bridgehead atoms. The molecule has 0 aromatic carbocycles. The van der Waals surface area contributed by atoms with E-state index in [9.17, 15) is 15.0 Å². The summed E-state index contributed by atoms with van der Waals surface area (Å²) < 4.78 is 29.5. The summed E-state index contributed by atoms with van der Waals surface area (Å²) in [7, 11) is 0. The zero-order valence-corrected chi connectivity index (χ0v) is 18.4. The Morgan fingerprint density at radius 1 is 0.897 bits per heavy atom. The summed E-state index contributed by atoms with van der Waals surface area (Å²) in [5, 5.41) is 19.9. The summed E-state index contributed by atoms with van der Waals surface area (Å²) in [4.78, 5) is 11.7. The second-order valence-corrected chi connectivity index (χ2v) is 7.40. The Labute approximate surface area is 174 Å². The van der Waals surface area contributed by atoms with Crippen LogP contribution in [0.5, 0.6) is 0 Å². The van der Waals surface area contributed by atoms with Crippen LogP contribution in [0.25, 0.3) is 0 Å². The van der Waals surface area contributed by atoms with Crippen molar-refractivity contribution in [1.82, 2.24) is 0 Å². The van der Waals surface area contributed by atoms with E-state index in [2.05, 4.69) is 20.8 Å². The number of unbranched alkanes of at least 4 members (excludes halogenated alkanes) is 3. The number of esters is 1. The van der Waals surface area contributed by atoms with E-state index in [0.717, 1.165) is 38.5 Å².